The molecule has 0 saturated heterocycles. The number of ketones is 1. The Balaban J connectivity index is 2.73. The molecule has 2 atom stereocenters. The summed E-state index contributed by atoms with van der Waals surface area (Å²) >= 11 is 5.73. The van der Waals surface area contributed by atoms with E-state index < -0.39 is 53.1 Å². The minimum Gasteiger partial charge on any atom is -0.444 e. The third-order valence-electron chi connectivity index (χ3n) is 5.08. The number of rotatable bonds is 13. The summed E-state index contributed by atoms with van der Waals surface area (Å²) in [6.07, 6.45) is 0.889. The quantitative estimate of drug-likeness (QED) is 0.167. The van der Waals surface area contributed by atoms with Crippen LogP contribution in [0.15, 0.2) is 24.3 Å². The van der Waals surface area contributed by atoms with Crippen LogP contribution in [0.25, 0.3) is 0 Å². The largest absolute Gasteiger partial charge is 0.444 e. The number of alkyl halides is 1. The van der Waals surface area contributed by atoms with Crippen molar-refractivity contribution < 1.29 is 33.1 Å². The molecule has 10 nitrogen and oxygen atoms in total. The highest BCUT2D eigenvalue weighted by Crippen LogP contribution is 2.13. The zero-order valence-electron chi connectivity index (χ0n) is 22.5. The Morgan fingerprint density at radius 1 is 0.974 bits per heavy atom. The fourth-order valence-corrected chi connectivity index (χ4v) is 3.51. The van der Waals surface area contributed by atoms with E-state index in [9.17, 15) is 28.4 Å². The number of unbranched alkanes of at least 4 members (excludes halogenated alkanes) is 1. The molecule has 0 aliphatic rings. The minimum atomic E-state index is -1.14. The van der Waals surface area contributed by atoms with E-state index in [4.69, 9.17) is 16.3 Å². The average Bonchev–Trinajstić information content (AvgIpc) is 2.81. The van der Waals surface area contributed by atoms with Gasteiger partial charge in [-0.05, 0) is 64.5 Å². The lowest BCUT2D eigenvalue weighted by atomic mass is 10.0. The zero-order valence-corrected chi connectivity index (χ0v) is 23.2. The summed E-state index contributed by atoms with van der Waals surface area (Å²) in [5, 5.41) is 9.77. The first-order valence-electron chi connectivity index (χ1n) is 12.5. The number of hydrogen-bond donors (Lipinski definition) is 4. The lowest BCUT2D eigenvalue weighted by Gasteiger charge is -2.23. The standard InChI is InChI=1S/C26H38ClFN4O6/c1-16(2)14-20(32-24(36)23(35)30-18-11-7-6-10-17(18)28)22(34)31-19(21(33)15-27)12-8-9-13-29-25(37)38-26(3,4)5/h6-7,10-11,16,19-20H,8-9,12-15H2,1-5H3,(H,29,37)(H,30,35)(H,31,34)(H,32,36)/t19-,20-/m0/s1. The lowest BCUT2D eigenvalue weighted by Crippen LogP contribution is -2.54. The Kier molecular flexibility index (Phi) is 13.7. The molecule has 0 aliphatic carbocycles. The molecule has 212 valence electrons. The van der Waals surface area contributed by atoms with Gasteiger partial charge in [0, 0.05) is 6.54 Å². The van der Waals surface area contributed by atoms with E-state index in [1.54, 1.807) is 20.8 Å². The molecule has 0 radical (unpaired) electrons. The van der Waals surface area contributed by atoms with Gasteiger partial charge in [0.2, 0.25) is 5.91 Å². The van der Waals surface area contributed by atoms with Crippen molar-refractivity contribution in [3.63, 3.8) is 0 Å². The second-order valence-corrected chi connectivity index (χ2v) is 10.4. The smallest absolute Gasteiger partial charge is 0.407 e. The molecule has 38 heavy (non-hydrogen) atoms. The maximum Gasteiger partial charge on any atom is 0.407 e. The number of benzene rings is 1. The summed E-state index contributed by atoms with van der Waals surface area (Å²) in [4.78, 5) is 61.8. The second-order valence-electron chi connectivity index (χ2n) is 10.2. The van der Waals surface area contributed by atoms with Gasteiger partial charge in [-0.25, -0.2) is 9.18 Å². The molecule has 0 unspecified atom stereocenters. The van der Waals surface area contributed by atoms with Gasteiger partial charge in [-0.3, -0.25) is 19.2 Å². The number of carbonyl (C=O) groups excluding carboxylic acids is 5. The monoisotopic (exact) mass is 556 g/mol. The van der Waals surface area contributed by atoms with E-state index >= 15 is 0 Å². The number of ether oxygens (including phenoxy) is 1. The SMILES string of the molecule is CC(C)C[C@H](NC(=O)C(=O)Nc1ccccc1F)C(=O)N[C@@H](CCCCNC(=O)OC(C)(C)C)C(=O)CCl. The van der Waals surface area contributed by atoms with Crippen molar-refractivity contribution in [1.29, 1.82) is 0 Å². The van der Waals surface area contributed by atoms with Crippen molar-refractivity contribution in [1.82, 2.24) is 16.0 Å². The summed E-state index contributed by atoms with van der Waals surface area (Å²) < 4.78 is 19.0. The van der Waals surface area contributed by atoms with Crippen LogP contribution < -0.4 is 21.3 Å². The second kappa shape index (κ2) is 15.9. The zero-order chi connectivity index (χ0) is 28.9. The molecule has 1 rings (SSSR count). The van der Waals surface area contributed by atoms with E-state index in [-0.39, 0.29) is 30.3 Å². The van der Waals surface area contributed by atoms with Gasteiger partial charge in [0.1, 0.15) is 17.5 Å². The van der Waals surface area contributed by atoms with E-state index in [0.717, 1.165) is 6.07 Å². The van der Waals surface area contributed by atoms with Crippen LogP contribution in [-0.2, 0) is 23.9 Å². The van der Waals surface area contributed by atoms with Crippen LogP contribution >= 0.6 is 11.6 Å². The summed E-state index contributed by atoms with van der Waals surface area (Å²) in [6.45, 7) is 9.22. The Bertz CT molecular complexity index is 983. The van der Waals surface area contributed by atoms with Gasteiger partial charge < -0.3 is 26.0 Å². The highest BCUT2D eigenvalue weighted by Gasteiger charge is 2.29. The molecule has 0 heterocycles. The number of para-hydroxylation sites is 1. The fraction of sp³-hybridized carbons (Fsp3) is 0.577. The Labute approximate surface area is 227 Å². The van der Waals surface area contributed by atoms with Crippen LogP contribution in [0.2, 0.25) is 0 Å². The van der Waals surface area contributed by atoms with Crippen molar-refractivity contribution in [3.8, 4) is 0 Å². The van der Waals surface area contributed by atoms with Crippen molar-refractivity contribution in [2.75, 3.05) is 17.7 Å². The number of halogens is 2. The van der Waals surface area contributed by atoms with E-state index in [0.29, 0.717) is 19.4 Å². The molecule has 0 bridgehead atoms. The summed E-state index contributed by atoms with van der Waals surface area (Å²) in [6, 6.07) is 3.32. The van der Waals surface area contributed by atoms with E-state index in [1.807, 2.05) is 13.8 Å². The highest BCUT2D eigenvalue weighted by molar-refractivity contribution is 6.40. The first-order valence-corrected chi connectivity index (χ1v) is 13.0. The molecule has 0 aromatic heterocycles. The molecule has 0 saturated carbocycles. The molecular weight excluding hydrogens is 519 g/mol. The third-order valence-corrected chi connectivity index (χ3v) is 5.35. The van der Waals surface area contributed by atoms with Crippen LogP contribution in [0.4, 0.5) is 14.9 Å². The van der Waals surface area contributed by atoms with Crippen LogP contribution in [0, 0.1) is 11.7 Å². The minimum absolute atomic E-state index is 0.0400. The highest BCUT2D eigenvalue weighted by atomic mass is 35.5. The number of Topliss-reactive ketones (excluding diaryl/α,β-unsaturated/α-hetero) is 1. The molecule has 1 aromatic carbocycles. The van der Waals surface area contributed by atoms with Crippen molar-refractivity contribution in [3.05, 3.63) is 30.1 Å². The predicted molar refractivity (Wildman–Crippen MR) is 142 cm³/mol. The van der Waals surface area contributed by atoms with Gasteiger partial charge in [-0.1, -0.05) is 26.0 Å². The number of amides is 4. The van der Waals surface area contributed by atoms with Gasteiger partial charge in [0.15, 0.2) is 5.78 Å². The van der Waals surface area contributed by atoms with Crippen molar-refractivity contribution >= 4 is 46.9 Å². The van der Waals surface area contributed by atoms with Crippen molar-refractivity contribution in [2.45, 2.75) is 78.0 Å². The predicted octanol–water partition coefficient (Wildman–Crippen LogP) is 3.28. The molecule has 12 heteroatoms. The first-order chi connectivity index (χ1) is 17.7. The van der Waals surface area contributed by atoms with Crippen LogP contribution in [0.1, 0.15) is 60.3 Å². The summed E-state index contributed by atoms with van der Waals surface area (Å²) in [7, 11) is 0. The number of nitrogens with one attached hydrogen (secondary N) is 4. The number of anilines is 1. The fourth-order valence-electron chi connectivity index (χ4n) is 3.33. The molecule has 0 aliphatic heterocycles. The molecule has 4 amide bonds. The van der Waals surface area contributed by atoms with E-state index in [1.165, 1.54) is 18.2 Å². The van der Waals surface area contributed by atoms with Crippen LogP contribution in [0.5, 0.6) is 0 Å². The Morgan fingerprint density at radius 3 is 2.21 bits per heavy atom. The molecule has 1 aromatic rings. The van der Waals surface area contributed by atoms with Crippen LogP contribution in [-0.4, -0.2) is 59.7 Å². The van der Waals surface area contributed by atoms with E-state index in [2.05, 4.69) is 21.3 Å². The number of hydrogen-bond acceptors (Lipinski definition) is 6. The number of carbonyl (C=O) groups is 5. The average molecular weight is 557 g/mol. The first kappa shape index (κ1) is 32.8. The molecule has 0 spiro atoms. The lowest BCUT2D eigenvalue weighted by molar-refractivity contribution is -0.138. The Morgan fingerprint density at radius 2 is 1.63 bits per heavy atom. The van der Waals surface area contributed by atoms with Gasteiger partial charge in [0.05, 0.1) is 17.6 Å². The maximum atomic E-state index is 13.8. The van der Waals surface area contributed by atoms with Crippen LogP contribution in [0.3, 0.4) is 0 Å². The van der Waals surface area contributed by atoms with Gasteiger partial charge >= 0.3 is 17.9 Å². The summed E-state index contributed by atoms with van der Waals surface area (Å²) in [5.41, 5.74) is -0.793. The third kappa shape index (κ3) is 12.8. The van der Waals surface area contributed by atoms with Gasteiger partial charge in [-0.15, -0.1) is 11.6 Å². The molecule has 0 fully saturated rings. The van der Waals surface area contributed by atoms with Crippen molar-refractivity contribution in [2.24, 2.45) is 5.92 Å². The Hall–Kier alpha value is -3.21. The maximum absolute atomic E-state index is 13.8. The number of alkyl carbamates (subject to hydrolysis) is 1. The normalized spacial score (nSPS) is 12.7. The summed E-state index contributed by atoms with van der Waals surface area (Å²) in [5.74, 6) is -4.40. The topological polar surface area (TPSA) is 143 Å². The van der Waals surface area contributed by atoms with Gasteiger partial charge in [0.25, 0.3) is 0 Å². The molecular formula is C26H38ClFN4O6. The van der Waals surface area contributed by atoms with Gasteiger partial charge in [-0.2, -0.15) is 0 Å². The molecule has 4 N–H and O–H groups in total.